The Labute approximate surface area is 204 Å². The summed E-state index contributed by atoms with van der Waals surface area (Å²) in [5, 5.41) is 7.91. The summed E-state index contributed by atoms with van der Waals surface area (Å²) >= 11 is 0. The van der Waals surface area contributed by atoms with Crippen LogP contribution in [-0.2, 0) is 14.8 Å². The third kappa shape index (κ3) is 7.14. The Morgan fingerprint density at radius 3 is 2.50 bits per heavy atom. The number of nitrogens with zero attached hydrogens (tertiary/aromatic N) is 3. The fourth-order valence-corrected chi connectivity index (χ4v) is 3.02. The van der Waals surface area contributed by atoms with E-state index in [4.69, 9.17) is 28.3 Å². The molecule has 0 unspecified atom stereocenters. The first-order chi connectivity index (χ1) is 15.8. The van der Waals surface area contributed by atoms with Gasteiger partial charge in [-0.2, -0.15) is 5.10 Å². The van der Waals surface area contributed by atoms with Crippen molar-refractivity contribution in [2.45, 2.75) is 51.0 Å². The Balaban J connectivity index is 2.50. The number of nitrogens with one attached hydrogen (secondary N) is 2. The van der Waals surface area contributed by atoms with Crippen molar-refractivity contribution in [2.75, 3.05) is 5.32 Å². The molecule has 172 valence electrons. The first-order valence-electron chi connectivity index (χ1n) is 10.7. The smallest absolute Gasteiger partial charge is 0.408 e. The minimum absolute atomic E-state index is 0.300. The van der Waals surface area contributed by atoms with E-state index in [9.17, 15) is 9.59 Å². The summed E-state index contributed by atoms with van der Waals surface area (Å²) in [6.07, 6.45) is 5.99. The average Bonchev–Trinajstić information content (AvgIpc) is 3.15. The average molecular weight is 455 g/mol. The van der Waals surface area contributed by atoms with Gasteiger partial charge in [0, 0.05) is 6.20 Å². The number of pyridine rings is 1. The lowest BCUT2D eigenvalue weighted by atomic mass is 9.49. The zero-order valence-corrected chi connectivity index (χ0v) is 20.0. The van der Waals surface area contributed by atoms with E-state index in [2.05, 4.69) is 33.9 Å². The van der Waals surface area contributed by atoms with Crippen molar-refractivity contribution in [3.63, 3.8) is 0 Å². The minimum Gasteiger partial charge on any atom is -0.444 e. The van der Waals surface area contributed by atoms with E-state index in [1.54, 1.807) is 52.1 Å². The molecule has 0 saturated carbocycles. The fourth-order valence-electron chi connectivity index (χ4n) is 3.02. The van der Waals surface area contributed by atoms with Crippen LogP contribution in [0.5, 0.6) is 0 Å². The Hall–Kier alpha value is -3.23. The molecule has 0 saturated heterocycles. The van der Waals surface area contributed by atoms with E-state index >= 15 is 0 Å². The van der Waals surface area contributed by atoms with Crippen molar-refractivity contribution in [2.24, 2.45) is 5.92 Å². The van der Waals surface area contributed by atoms with Crippen molar-refractivity contribution in [1.82, 2.24) is 20.1 Å². The van der Waals surface area contributed by atoms with Gasteiger partial charge >= 0.3 is 6.09 Å². The Kier molecular flexibility index (Phi) is 8.58. The maximum Gasteiger partial charge on any atom is 0.408 e. The second-order valence-electron chi connectivity index (χ2n) is 8.92. The lowest BCUT2D eigenvalue weighted by Gasteiger charge is -2.25. The molecule has 8 nitrogen and oxygen atoms in total. The number of carbonyl (C=O) groups excluding carboxylic acids is 2. The largest absolute Gasteiger partial charge is 0.444 e. The second kappa shape index (κ2) is 10.8. The number of anilines is 1. The van der Waals surface area contributed by atoms with Gasteiger partial charge in [-0.05, 0) is 50.1 Å². The predicted molar refractivity (Wildman–Crippen MR) is 136 cm³/mol. The fraction of sp³-hybridized carbons (Fsp3) is 0.391. The monoisotopic (exact) mass is 455 g/mol. The molecule has 2 rings (SSSR count). The Morgan fingerprint density at radius 1 is 1.26 bits per heavy atom. The van der Waals surface area contributed by atoms with Crippen molar-refractivity contribution in [3.8, 4) is 11.4 Å². The van der Waals surface area contributed by atoms with Crippen molar-refractivity contribution in [1.29, 1.82) is 0 Å². The number of amides is 2. The summed E-state index contributed by atoms with van der Waals surface area (Å²) < 4.78 is 6.54. The van der Waals surface area contributed by atoms with Gasteiger partial charge in [0.15, 0.2) is 0 Å². The zero-order valence-electron chi connectivity index (χ0n) is 20.0. The molecule has 0 aliphatic heterocycles. The molecule has 0 aliphatic rings. The zero-order chi connectivity index (χ0) is 25.7. The van der Waals surface area contributed by atoms with Crippen LogP contribution < -0.4 is 10.6 Å². The molecular weight excluding hydrogens is 427 g/mol. The van der Waals surface area contributed by atoms with Crippen LogP contribution in [0.2, 0.25) is 0 Å². The van der Waals surface area contributed by atoms with Gasteiger partial charge < -0.3 is 15.4 Å². The van der Waals surface area contributed by atoms with Gasteiger partial charge in [0.2, 0.25) is 5.91 Å². The van der Waals surface area contributed by atoms with Crippen LogP contribution in [0.15, 0.2) is 49.8 Å². The van der Waals surface area contributed by atoms with Crippen LogP contribution in [0.3, 0.4) is 0 Å². The quantitative estimate of drug-likeness (QED) is 0.448. The highest BCUT2D eigenvalue weighted by Gasteiger charge is 2.25. The van der Waals surface area contributed by atoms with Crippen molar-refractivity contribution < 1.29 is 14.3 Å². The van der Waals surface area contributed by atoms with E-state index < -0.39 is 28.9 Å². The molecule has 0 aliphatic carbocycles. The number of rotatable bonds is 9. The molecule has 2 atom stereocenters. The lowest BCUT2D eigenvalue weighted by Crippen LogP contribution is -2.37. The molecule has 2 heterocycles. The number of hydrogen-bond acceptors (Lipinski definition) is 5. The highest BCUT2D eigenvalue weighted by molar-refractivity contribution is 6.56. The first-order valence-corrected chi connectivity index (χ1v) is 10.7. The maximum absolute atomic E-state index is 12.5. The lowest BCUT2D eigenvalue weighted by molar-refractivity contribution is -0.118. The van der Waals surface area contributed by atoms with Crippen LogP contribution in [-0.4, -0.2) is 55.9 Å². The van der Waals surface area contributed by atoms with Gasteiger partial charge in [-0.3, -0.25) is 14.5 Å². The van der Waals surface area contributed by atoms with Crippen LogP contribution in [0.1, 0.15) is 45.7 Å². The molecule has 0 fully saturated rings. The third-order valence-corrected chi connectivity index (χ3v) is 4.68. The molecule has 11 heteroatoms. The minimum atomic E-state index is -1.87. The van der Waals surface area contributed by atoms with Gasteiger partial charge in [0.25, 0.3) is 0 Å². The topological polar surface area (TPSA) is 98.1 Å². The van der Waals surface area contributed by atoms with Crippen LogP contribution in [0.4, 0.5) is 10.5 Å². The van der Waals surface area contributed by atoms with Gasteiger partial charge in [0.1, 0.15) is 11.3 Å². The standard InChI is InChI=1S/C23H28B3N5O3/c1-7-9-16(30-21(33)34-22(4,5)6)15-10-11-27-17(12-15)19-18(29-20(32)14(3)8-2)13-28-31(19)23(24,25)26/h7-8,10-14,16H,1-2,9H2,3-6H3,(H,29,32)(H,30,33)/t14-,16+/m1/s1. The van der Waals surface area contributed by atoms with Crippen molar-refractivity contribution in [3.05, 3.63) is 55.4 Å². The maximum atomic E-state index is 12.5. The van der Waals surface area contributed by atoms with Gasteiger partial charge in [-0.25, -0.2) is 4.79 Å². The van der Waals surface area contributed by atoms with E-state index in [-0.39, 0.29) is 5.91 Å². The summed E-state index contributed by atoms with van der Waals surface area (Å²) in [5.41, 5.74) is 1.04. The molecule has 2 aromatic rings. The Bertz CT molecular complexity index is 1060. The Morgan fingerprint density at radius 2 is 1.94 bits per heavy atom. The number of aromatic nitrogens is 3. The molecule has 0 spiro atoms. The van der Waals surface area contributed by atoms with E-state index in [0.29, 0.717) is 29.1 Å². The first kappa shape index (κ1) is 27.0. The van der Waals surface area contributed by atoms with Crippen molar-refractivity contribution >= 4 is 41.2 Å². The van der Waals surface area contributed by atoms with E-state index in [1.807, 2.05) is 0 Å². The van der Waals surface area contributed by atoms with Gasteiger partial charge in [-0.15, -0.1) is 13.2 Å². The number of alkyl carbamates (subject to hydrolysis) is 1. The second-order valence-corrected chi connectivity index (χ2v) is 8.92. The molecule has 34 heavy (non-hydrogen) atoms. The number of hydrogen-bond donors (Lipinski definition) is 2. The molecular formula is C23H28B3N5O3. The molecule has 2 aromatic heterocycles. The molecule has 6 radical (unpaired) electrons. The summed E-state index contributed by atoms with van der Waals surface area (Å²) in [7, 11) is 17.7. The molecule has 2 N–H and O–H groups in total. The van der Waals surface area contributed by atoms with Crippen LogP contribution in [0.25, 0.3) is 11.4 Å². The van der Waals surface area contributed by atoms with E-state index in [0.717, 1.165) is 4.68 Å². The van der Waals surface area contributed by atoms with Gasteiger partial charge in [-0.1, -0.05) is 19.1 Å². The van der Waals surface area contributed by atoms with Crippen LogP contribution >= 0.6 is 0 Å². The van der Waals surface area contributed by atoms with Gasteiger partial charge in [0.05, 0.1) is 53.1 Å². The van der Waals surface area contributed by atoms with E-state index in [1.165, 1.54) is 12.3 Å². The normalized spacial score (nSPS) is 13.4. The predicted octanol–water partition coefficient (Wildman–Crippen LogP) is 2.92. The molecule has 0 aromatic carbocycles. The molecule has 2 amide bonds. The SMILES string of the molecule is [B]C([B])([B])n1ncc(NC(=O)[C@H](C)C=C)c1-c1cc([C@H](CC=C)NC(=O)OC(C)(C)C)ccn1. The number of ether oxygens (including phenoxy) is 1. The summed E-state index contributed by atoms with van der Waals surface area (Å²) in [4.78, 5) is 29.3. The summed E-state index contributed by atoms with van der Waals surface area (Å²) in [6, 6.07) is 3.01. The highest BCUT2D eigenvalue weighted by atomic mass is 16.6. The summed E-state index contributed by atoms with van der Waals surface area (Å²) in [5.74, 6) is -0.761. The highest BCUT2D eigenvalue weighted by Crippen LogP contribution is 2.31. The summed E-state index contributed by atoms with van der Waals surface area (Å²) in [6.45, 7) is 14.4. The number of carbonyl (C=O) groups is 2. The molecule has 0 bridgehead atoms. The van der Waals surface area contributed by atoms with Crippen LogP contribution in [0, 0.1) is 5.92 Å². The third-order valence-electron chi connectivity index (χ3n) is 4.68.